The van der Waals surface area contributed by atoms with Crippen LogP contribution in [0.3, 0.4) is 0 Å². The number of amides is 1. The van der Waals surface area contributed by atoms with Gasteiger partial charge in [0.1, 0.15) is 12.2 Å². The first kappa shape index (κ1) is 18.4. The molecule has 1 aromatic carbocycles. The summed E-state index contributed by atoms with van der Waals surface area (Å²) in [5, 5.41) is 14.7. The summed E-state index contributed by atoms with van der Waals surface area (Å²) in [4.78, 5) is 30.1. The normalized spacial score (nSPS) is 17.0. The van der Waals surface area contributed by atoms with Crippen LogP contribution in [0.5, 0.6) is 0 Å². The van der Waals surface area contributed by atoms with E-state index >= 15 is 0 Å². The van der Waals surface area contributed by atoms with Gasteiger partial charge in [-0.2, -0.15) is 5.10 Å². The number of fused-ring (bicyclic) bond motifs is 1. The molecular weight excluding hydrogens is 380 g/mol. The number of carboxylic acid groups (broad SMARTS) is 1. The van der Waals surface area contributed by atoms with Crippen molar-refractivity contribution in [3.8, 4) is 0 Å². The van der Waals surface area contributed by atoms with E-state index in [1.807, 2.05) is 24.3 Å². The summed E-state index contributed by atoms with van der Waals surface area (Å²) in [7, 11) is 0. The van der Waals surface area contributed by atoms with Gasteiger partial charge in [-0.3, -0.25) is 14.3 Å². The highest BCUT2D eigenvalue weighted by molar-refractivity contribution is 6.35. The van der Waals surface area contributed by atoms with Crippen LogP contribution < -0.4 is 0 Å². The minimum Gasteiger partial charge on any atom is -0.480 e. The summed E-state index contributed by atoms with van der Waals surface area (Å²) in [6.45, 7) is 1.02. The summed E-state index contributed by atoms with van der Waals surface area (Å²) in [5.74, 6) is -0.982. The fourth-order valence-corrected chi connectivity index (χ4v) is 3.84. The fourth-order valence-electron chi connectivity index (χ4n) is 3.62. The van der Waals surface area contributed by atoms with Gasteiger partial charge in [-0.15, -0.1) is 0 Å². The van der Waals surface area contributed by atoms with Crippen molar-refractivity contribution in [1.82, 2.24) is 19.7 Å². The summed E-state index contributed by atoms with van der Waals surface area (Å²) in [5.41, 5.74) is 1.81. The number of nitrogens with zero attached hydrogens (tertiary/aromatic N) is 4. The molecule has 1 N–H and O–H groups in total. The molecule has 7 nitrogen and oxygen atoms in total. The standard InChI is InChI=1S/C20H19ClN4O3/c21-15-5-1-3-13-6-7-17(22-19(13)15)20(28)24-9-2-4-14(11-24)16-8-10-25(23-16)12-18(26)27/h1,3,5-8,10,14H,2,4,9,11-12H2,(H,26,27)/t14-/m0/s1. The van der Waals surface area contributed by atoms with E-state index in [2.05, 4.69) is 10.1 Å². The van der Waals surface area contributed by atoms with Gasteiger partial charge >= 0.3 is 5.97 Å². The van der Waals surface area contributed by atoms with Gasteiger partial charge in [-0.25, -0.2) is 4.98 Å². The molecule has 4 rings (SSSR count). The number of carbonyl (C=O) groups excluding carboxylic acids is 1. The minimum atomic E-state index is -0.934. The lowest BCUT2D eigenvalue weighted by Crippen LogP contribution is -2.39. The quantitative estimate of drug-likeness (QED) is 0.729. The average molecular weight is 399 g/mol. The van der Waals surface area contributed by atoms with Crippen molar-refractivity contribution in [3.63, 3.8) is 0 Å². The number of pyridine rings is 1. The third-order valence-corrected chi connectivity index (χ3v) is 5.28. The van der Waals surface area contributed by atoms with E-state index in [0.29, 0.717) is 29.3 Å². The van der Waals surface area contributed by atoms with Crippen molar-refractivity contribution in [1.29, 1.82) is 0 Å². The molecule has 0 saturated carbocycles. The summed E-state index contributed by atoms with van der Waals surface area (Å²) in [6.07, 6.45) is 3.43. The Morgan fingerprint density at radius 1 is 1.21 bits per heavy atom. The molecule has 0 radical (unpaired) electrons. The molecule has 3 heterocycles. The van der Waals surface area contributed by atoms with Crippen molar-refractivity contribution in [3.05, 3.63) is 59.0 Å². The molecular formula is C20H19ClN4O3. The van der Waals surface area contributed by atoms with E-state index in [9.17, 15) is 9.59 Å². The molecule has 1 amide bonds. The van der Waals surface area contributed by atoms with Crippen molar-refractivity contribution >= 4 is 34.4 Å². The molecule has 1 fully saturated rings. The van der Waals surface area contributed by atoms with E-state index in [1.165, 1.54) is 4.68 Å². The van der Waals surface area contributed by atoms with Crippen LogP contribution in [0.25, 0.3) is 10.9 Å². The maximum Gasteiger partial charge on any atom is 0.325 e. The van der Waals surface area contributed by atoms with Gasteiger partial charge in [0.25, 0.3) is 5.91 Å². The van der Waals surface area contributed by atoms with Crippen LogP contribution in [-0.4, -0.2) is 49.7 Å². The number of likely N-dealkylation sites (tertiary alicyclic amines) is 1. The van der Waals surface area contributed by atoms with Gasteiger partial charge in [0, 0.05) is 30.6 Å². The Hall–Kier alpha value is -2.93. The summed E-state index contributed by atoms with van der Waals surface area (Å²) < 4.78 is 1.41. The van der Waals surface area contributed by atoms with E-state index in [-0.39, 0.29) is 18.4 Å². The first-order valence-corrected chi connectivity index (χ1v) is 9.49. The van der Waals surface area contributed by atoms with Crippen LogP contribution in [0.15, 0.2) is 42.6 Å². The molecule has 2 aromatic heterocycles. The number of para-hydroxylation sites is 1. The topological polar surface area (TPSA) is 88.3 Å². The third-order valence-electron chi connectivity index (χ3n) is 4.98. The zero-order valence-corrected chi connectivity index (χ0v) is 15.8. The Morgan fingerprint density at radius 2 is 2.07 bits per heavy atom. The molecule has 28 heavy (non-hydrogen) atoms. The van der Waals surface area contributed by atoms with Crippen molar-refractivity contribution < 1.29 is 14.7 Å². The van der Waals surface area contributed by atoms with Gasteiger partial charge in [-0.1, -0.05) is 29.8 Å². The number of halogens is 1. The Morgan fingerprint density at radius 3 is 2.89 bits per heavy atom. The number of hydrogen-bond acceptors (Lipinski definition) is 4. The van der Waals surface area contributed by atoms with Crippen LogP contribution in [-0.2, 0) is 11.3 Å². The van der Waals surface area contributed by atoms with E-state index in [4.69, 9.17) is 16.7 Å². The van der Waals surface area contributed by atoms with Gasteiger partial charge in [0.15, 0.2) is 0 Å². The molecule has 0 spiro atoms. The first-order chi connectivity index (χ1) is 13.5. The van der Waals surface area contributed by atoms with E-state index in [0.717, 1.165) is 23.9 Å². The molecule has 1 aliphatic heterocycles. The SMILES string of the molecule is O=C(O)Cn1ccc([C@H]2CCCN(C(=O)c3ccc4cccc(Cl)c4n3)C2)n1. The maximum absolute atomic E-state index is 13.0. The summed E-state index contributed by atoms with van der Waals surface area (Å²) >= 11 is 6.22. The molecule has 0 unspecified atom stereocenters. The van der Waals surface area contributed by atoms with Gasteiger partial charge in [0.05, 0.1) is 16.2 Å². The maximum atomic E-state index is 13.0. The second kappa shape index (κ2) is 7.59. The van der Waals surface area contributed by atoms with Gasteiger partial charge in [0.2, 0.25) is 0 Å². The lowest BCUT2D eigenvalue weighted by molar-refractivity contribution is -0.137. The zero-order chi connectivity index (χ0) is 19.7. The smallest absolute Gasteiger partial charge is 0.325 e. The number of carbonyl (C=O) groups is 2. The zero-order valence-electron chi connectivity index (χ0n) is 15.1. The van der Waals surface area contributed by atoms with E-state index in [1.54, 1.807) is 23.2 Å². The number of rotatable bonds is 4. The van der Waals surface area contributed by atoms with Crippen LogP contribution in [0.2, 0.25) is 5.02 Å². The summed E-state index contributed by atoms with van der Waals surface area (Å²) in [6, 6.07) is 10.9. The number of aromatic nitrogens is 3. The molecule has 1 atom stereocenters. The molecule has 3 aromatic rings. The predicted octanol–water partition coefficient (Wildman–Crippen LogP) is 3.19. The lowest BCUT2D eigenvalue weighted by Gasteiger charge is -2.31. The number of carboxylic acids is 1. The van der Waals surface area contributed by atoms with Crippen molar-refractivity contribution in [2.24, 2.45) is 0 Å². The number of benzene rings is 1. The Labute approximate surface area is 166 Å². The molecule has 1 saturated heterocycles. The Balaban J connectivity index is 1.52. The predicted molar refractivity (Wildman–Crippen MR) is 104 cm³/mol. The average Bonchev–Trinajstić information content (AvgIpc) is 3.15. The highest BCUT2D eigenvalue weighted by Crippen LogP contribution is 2.27. The number of piperidine rings is 1. The molecule has 8 heteroatoms. The van der Waals surface area contributed by atoms with Crippen LogP contribution in [0.1, 0.15) is 34.9 Å². The van der Waals surface area contributed by atoms with Gasteiger partial charge in [-0.05, 0) is 31.0 Å². The highest BCUT2D eigenvalue weighted by Gasteiger charge is 2.27. The van der Waals surface area contributed by atoms with Crippen LogP contribution >= 0.6 is 11.6 Å². The molecule has 0 aliphatic carbocycles. The van der Waals surface area contributed by atoms with Crippen molar-refractivity contribution in [2.45, 2.75) is 25.3 Å². The van der Waals surface area contributed by atoms with Crippen LogP contribution in [0.4, 0.5) is 0 Å². The second-order valence-electron chi connectivity index (χ2n) is 6.93. The van der Waals surface area contributed by atoms with Crippen LogP contribution in [0, 0.1) is 0 Å². The number of hydrogen-bond donors (Lipinski definition) is 1. The minimum absolute atomic E-state index is 0.0804. The van der Waals surface area contributed by atoms with Crippen molar-refractivity contribution in [2.75, 3.05) is 13.1 Å². The Kier molecular flexibility index (Phi) is 5.00. The first-order valence-electron chi connectivity index (χ1n) is 9.11. The fraction of sp³-hybridized carbons (Fsp3) is 0.300. The Bertz CT molecular complexity index is 1050. The highest BCUT2D eigenvalue weighted by atomic mass is 35.5. The lowest BCUT2D eigenvalue weighted by atomic mass is 9.94. The second-order valence-corrected chi connectivity index (χ2v) is 7.34. The number of aliphatic carboxylic acids is 1. The van der Waals surface area contributed by atoms with Gasteiger partial charge < -0.3 is 10.0 Å². The largest absolute Gasteiger partial charge is 0.480 e. The third kappa shape index (κ3) is 3.71. The molecule has 0 bridgehead atoms. The monoisotopic (exact) mass is 398 g/mol. The van der Waals surface area contributed by atoms with E-state index < -0.39 is 5.97 Å². The molecule has 1 aliphatic rings. The molecule has 144 valence electrons.